The van der Waals surface area contributed by atoms with Crippen LogP contribution in [-0.4, -0.2) is 19.9 Å². The van der Waals surface area contributed by atoms with Crippen molar-refractivity contribution in [3.63, 3.8) is 0 Å². The highest BCUT2D eigenvalue weighted by atomic mass is 35.5. The molecule has 0 atom stereocenters. The van der Waals surface area contributed by atoms with Gasteiger partial charge in [-0.15, -0.1) is 0 Å². The monoisotopic (exact) mass is 384 g/mol. The van der Waals surface area contributed by atoms with Crippen molar-refractivity contribution in [3.8, 4) is 34.2 Å². The highest BCUT2D eigenvalue weighted by molar-refractivity contribution is 6.28. The number of fused-ring (bicyclic) bond motifs is 1. The van der Waals surface area contributed by atoms with Gasteiger partial charge in [0.2, 0.25) is 11.2 Å². The number of hydrogen-bond donors (Lipinski definition) is 0. The average molecular weight is 385 g/mol. The van der Waals surface area contributed by atoms with Crippen molar-refractivity contribution >= 4 is 22.7 Å². The normalized spacial score (nSPS) is 11.0. The summed E-state index contributed by atoms with van der Waals surface area (Å²) in [5.74, 6) is 1.63. The van der Waals surface area contributed by atoms with Crippen molar-refractivity contribution in [2.75, 3.05) is 0 Å². The third kappa shape index (κ3) is 3.12. The third-order valence-corrected chi connectivity index (χ3v) is 4.49. The summed E-state index contributed by atoms with van der Waals surface area (Å²) < 4.78 is 5.82. The first-order valence-corrected chi connectivity index (χ1v) is 9.07. The van der Waals surface area contributed by atoms with E-state index in [0.717, 1.165) is 27.8 Å². The van der Waals surface area contributed by atoms with E-state index in [1.807, 2.05) is 78.9 Å². The fourth-order valence-electron chi connectivity index (χ4n) is 2.95. The minimum absolute atomic E-state index is 0.159. The Labute approximate surface area is 165 Å². The van der Waals surface area contributed by atoms with Crippen molar-refractivity contribution in [2.24, 2.45) is 0 Å². The number of nitrogens with zero attached hydrogens (tertiary/aromatic N) is 4. The van der Waals surface area contributed by atoms with Crippen LogP contribution in [0.4, 0.5) is 0 Å². The Kier molecular flexibility index (Phi) is 4.07. The summed E-state index contributed by atoms with van der Waals surface area (Å²) in [6, 6.07) is 25.1. The van der Waals surface area contributed by atoms with Crippen LogP contribution in [-0.2, 0) is 0 Å². The molecule has 28 heavy (non-hydrogen) atoms. The number of aromatic nitrogens is 4. The summed E-state index contributed by atoms with van der Waals surface area (Å²) in [4.78, 5) is 17.6. The van der Waals surface area contributed by atoms with E-state index in [0.29, 0.717) is 17.5 Å². The number of benzene rings is 3. The maximum absolute atomic E-state index is 6.13. The smallest absolute Gasteiger partial charge is 0.227 e. The molecule has 0 unspecified atom stereocenters. The van der Waals surface area contributed by atoms with Gasteiger partial charge in [0, 0.05) is 16.7 Å². The molecule has 5 aromatic rings. The molecule has 0 bridgehead atoms. The Morgan fingerprint density at radius 1 is 0.571 bits per heavy atom. The SMILES string of the molecule is Clc1nc(-c2ccccc2)nc(-c2ccc(-c3nc4ccccc4o3)cc2)n1. The Bertz CT molecular complexity index is 1230. The molecular weight excluding hydrogens is 372 g/mol. The molecule has 0 aliphatic heterocycles. The number of rotatable bonds is 3. The predicted molar refractivity (Wildman–Crippen MR) is 109 cm³/mol. The average Bonchev–Trinajstić information content (AvgIpc) is 3.18. The largest absolute Gasteiger partial charge is 0.436 e. The first-order chi connectivity index (χ1) is 13.8. The summed E-state index contributed by atoms with van der Waals surface area (Å²) >= 11 is 6.13. The zero-order valence-electron chi connectivity index (χ0n) is 14.6. The van der Waals surface area contributed by atoms with Crippen LogP contribution < -0.4 is 0 Å². The van der Waals surface area contributed by atoms with Crippen LogP contribution in [0.3, 0.4) is 0 Å². The van der Waals surface area contributed by atoms with Crippen LogP contribution in [0.25, 0.3) is 45.3 Å². The highest BCUT2D eigenvalue weighted by Crippen LogP contribution is 2.27. The second kappa shape index (κ2) is 6.87. The molecule has 6 heteroatoms. The van der Waals surface area contributed by atoms with Crippen LogP contribution >= 0.6 is 11.6 Å². The lowest BCUT2D eigenvalue weighted by Gasteiger charge is -2.05. The summed E-state index contributed by atoms with van der Waals surface area (Å²) in [5.41, 5.74) is 4.19. The molecule has 2 heterocycles. The maximum atomic E-state index is 6.13. The minimum Gasteiger partial charge on any atom is -0.436 e. The second-order valence-corrected chi connectivity index (χ2v) is 6.52. The van der Waals surface area contributed by atoms with Gasteiger partial charge in [0.15, 0.2) is 17.2 Å². The number of para-hydroxylation sites is 2. The molecule has 5 rings (SSSR count). The van der Waals surface area contributed by atoms with Crippen molar-refractivity contribution in [2.45, 2.75) is 0 Å². The first-order valence-electron chi connectivity index (χ1n) is 8.70. The van der Waals surface area contributed by atoms with Gasteiger partial charge < -0.3 is 4.42 Å². The Morgan fingerprint density at radius 2 is 1.18 bits per heavy atom. The Hall–Kier alpha value is -3.57. The van der Waals surface area contributed by atoms with E-state index in [9.17, 15) is 0 Å². The second-order valence-electron chi connectivity index (χ2n) is 6.18. The Morgan fingerprint density at radius 3 is 1.89 bits per heavy atom. The lowest BCUT2D eigenvalue weighted by Crippen LogP contribution is -1.97. The standard InChI is InChI=1S/C22H13ClN4O/c23-22-26-19(14-6-2-1-3-7-14)25-20(27-22)15-10-12-16(13-11-15)21-24-17-8-4-5-9-18(17)28-21/h1-13H. The molecule has 3 aromatic carbocycles. The molecule has 0 saturated heterocycles. The van der Waals surface area contributed by atoms with Crippen molar-refractivity contribution < 1.29 is 4.42 Å². The molecule has 0 N–H and O–H groups in total. The number of halogens is 1. The molecule has 0 aliphatic carbocycles. The van der Waals surface area contributed by atoms with Crippen LogP contribution in [0.1, 0.15) is 0 Å². The van der Waals surface area contributed by atoms with E-state index in [4.69, 9.17) is 16.0 Å². The first kappa shape index (κ1) is 16.6. The van der Waals surface area contributed by atoms with Crippen molar-refractivity contribution in [1.82, 2.24) is 19.9 Å². The molecule has 0 saturated carbocycles. The number of oxazole rings is 1. The van der Waals surface area contributed by atoms with Gasteiger partial charge in [0.1, 0.15) is 5.52 Å². The van der Waals surface area contributed by atoms with Gasteiger partial charge >= 0.3 is 0 Å². The molecule has 0 radical (unpaired) electrons. The van der Waals surface area contributed by atoms with E-state index in [2.05, 4.69) is 19.9 Å². The minimum atomic E-state index is 0.159. The van der Waals surface area contributed by atoms with Gasteiger partial charge in [-0.2, -0.15) is 9.97 Å². The zero-order valence-corrected chi connectivity index (χ0v) is 15.3. The van der Waals surface area contributed by atoms with Gasteiger partial charge in [-0.3, -0.25) is 0 Å². The van der Waals surface area contributed by atoms with Crippen LogP contribution in [0.15, 0.2) is 83.3 Å². The molecule has 2 aromatic heterocycles. The molecule has 0 spiro atoms. The highest BCUT2D eigenvalue weighted by Gasteiger charge is 2.11. The zero-order chi connectivity index (χ0) is 18.9. The molecule has 134 valence electrons. The summed E-state index contributed by atoms with van der Waals surface area (Å²) in [7, 11) is 0. The molecule has 5 nitrogen and oxygen atoms in total. The van der Waals surface area contributed by atoms with E-state index >= 15 is 0 Å². The van der Waals surface area contributed by atoms with Crippen molar-refractivity contribution in [1.29, 1.82) is 0 Å². The molecule has 0 amide bonds. The van der Waals surface area contributed by atoms with Crippen LogP contribution in [0, 0.1) is 0 Å². The topological polar surface area (TPSA) is 64.7 Å². The summed E-state index contributed by atoms with van der Waals surface area (Å²) in [5, 5.41) is 0.159. The molecule has 0 aliphatic rings. The van der Waals surface area contributed by atoms with Gasteiger partial charge in [0.25, 0.3) is 0 Å². The fraction of sp³-hybridized carbons (Fsp3) is 0. The quantitative estimate of drug-likeness (QED) is 0.401. The summed E-state index contributed by atoms with van der Waals surface area (Å²) in [6.45, 7) is 0. The number of hydrogen-bond acceptors (Lipinski definition) is 5. The van der Waals surface area contributed by atoms with Crippen molar-refractivity contribution in [3.05, 3.63) is 84.1 Å². The fourth-order valence-corrected chi connectivity index (χ4v) is 3.11. The van der Waals surface area contributed by atoms with Crippen LogP contribution in [0.5, 0.6) is 0 Å². The third-order valence-electron chi connectivity index (χ3n) is 4.32. The van der Waals surface area contributed by atoms with E-state index in [-0.39, 0.29) is 5.28 Å². The molecule has 0 fully saturated rings. The van der Waals surface area contributed by atoms with E-state index in [1.54, 1.807) is 0 Å². The summed E-state index contributed by atoms with van der Waals surface area (Å²) in [6.07, 6.45) is 0. The molecular formula is C22H13ClN4O. The Balaban J connectivity index is 1.51. The van der Waals surface area contributed by atoms with Gasteiger partial charge in [0.05, 0.1) is 0 Å². The van der Waals surface area contributed by atoms with Gasteiger partial charge in [-0.1, -0.05) is 54.6 Å². The maximum Gasteiger partial charge on any atom is 0.227 e. The van der Waals surface area contributed by atoms with E-state index < -0.39 is 0 Å². The van der Waals surface area contributed by atoms with E-state index in [1.165, 1.54) is 0 Å². The van der Waals surface area contributed by atoms with Crippen LogP contribution in [0.2, 0.25) is 5.28 Å². The predicted octanol–water partition coefficient (Wildman–Crippen LogP) is 5.67. The lowest BCUT2D eigenvalue weighted by molar-refractivity contribution is 0.620. The van der Waals surface area contributed by atoms with Gasteiger partial charge in [-0.05, 0) is 35.9 Å². The van der Waals surface area contributed by atoms with Gasteiger partial charge in [-0.25, -0.2) is 9.97 Å². The lowest BCUT2D eigenvalue weighted by atomic mass is 10.1.